The van der Waals surface area contributed by atoms with Crippen molar-refractivity contribution < 1.29 is 4.42 Å². The van der Waals surface area contributed by atoms with E-state index in [1.807, 2.05) is 22.9 Å². The molecule has 30 heavy (non-hydrogen) atoms. The third-order valence-corrected chi connectivity index (χ3v) is 4.93. The molecule has 2 N–H and O–H groups in total. The lowest BCUT2D eigenvalue weighted by atomic mass is 10.1. The van der Waals surface area contributed by atoms with Crippen molar-refractivity contribution in [3.63, 3.8) is 0 Å². The van der Waals surface area contributed by atoms with Crippen molar-refractivity contribution in [2.75, 3.05) is 6.54 Å². The van der Waals surface area contributed by atoms with Crippen molar-refractivity contribution in [3.05, 3.63) is 83.6 Å². The molecular weight excluding hydrogens is 376 g/mol. The van der Waals surface area contributed by atoms with Crippen LogP contribution in [0.25, 0.3) is 11.0 Å². The summed E-state index contributed by atoms with van der Waals surface area (Å²) in [6.45, 7) is 6.80. The van der Waals surface area contributed by atoms with Crippen LogP contribution in [0.3, 0.4) is 0 Å². The van der Waals surface area contributed by atoms with Gasteiger partial charge in [-0.2, -0.15) is 5.10 Å². The Morgan fingerprint density at radius 1 is 1.10 bits per heavy atom. The van der Waals surface area contributed by atoms with Gasteiger partial charge in [-0.05, 0) is 31.0 Å². The molecule has 0 radical (unpaired) electrons. The first kappa shape index (κ1) is 19.7. The highest BCUT2D eigenvalue weighted by molar-refractivity contribution is 5.83. The minimum absolute atomic E-state index is 0.582. The first-order chi connectivity index (χ1) is 14.7. The molecule has 4 aromatic rings. The second-order valence-corrected chi connectivity index (χ2v) is 7.11. The Balaban J connectivity index is 1.43. The van der Waals surface area contributed by atoms with E-state index in [1.165, 1.54) is 5.56 Å². The zero-order valence-corrected chi connectivity index (χ0v) is 17.3. The number of fused-ring (bicyclic) bond motifs is 1. The maximum absolute atomic E-state index is 6.00. The van der Waals surface area contributed by atoms with E-state index in [-0.39, 0.29) is 0 Å². The normalized spacial score (nSPS) is 11.7. The van der Waals surface area contributed by atoms with Gasteiger partial charge in [-0.25, -0.2) is 14.7 Å². The smallest absolute Gasteiger partial charge is 0.191 e. The number of aliphatic imine (C=N–C) groups is 1. The van der Waals surface area contributed by atoms with Gasteiger partial charge in [-0.3, -0.25) is 0 Å². The molecule has 0 saturated heterocycles. The summed E-state index contributed by atoms with van der Waals surface area (Å²) < 4.78 is 7.81. The number of hydrogen-bond donors (Lipinski definition) is 2. The Morgan fingerprint density at radius 2 is 1.97 bits per heavy atom. The second kappa shape index (κ2) is 9.26. The highest BCUT2D eigenvalue weighted by Gasteiger charge is 2.10. The molecule has 0 saturated carbocycles. The number of furan rings is 1. The summed E-state index contributed by atoms with van der Waals surface area (Å²) in [5.41, 5.74) is 4.39. The van der Waals surface area contributed by atoms with Crippen LogP contribution in [-0.4, -0.2) is 27.3 Å². The molecule has 0 unspecified atom stereocenters. The van der Waals surface area contributed by atoms with E-state index in [9.17, 15) is 0 Å². The Morgan fingerprint density at radius 3 is 2.77 bits per heavy atom. The van der Waals surface area contributed by atoms with Crippen molar-refractivity contribution in [1.82, 2.24) is 25.4 Å². The zero-order valence-electron chi connectivity index (χ0n) is 17.3. The predicted octanol–water partition coefficient (Wildman–Crippen LogP) is 3.64. The summed E-state index contributed by atoms with van der Waals surface area (Å²) in [6, 6.07) is 16.5. The molecule has 0 aliphatic rings. The van der Waals surface area contributed by atoms with Crippen LogP contribution in [-0.2, 0) is 19.6 Å². The third-order valence-electron chi connectivity index (χ3n) is 4.93. The lowest BCUT2D eigenvalue weighted by Gasteiger charge is -2.11. The monoisotopic (exact) mass is 402 g/mol. The molecule has 2 aromatic heterocycles. The number of nitrogens with zero attached hydrogens (tertiary/aromatic N) is 4. The molecule has 2 aromatic carbocycles. The molecular formula is C23H26N6O. The van der Waals surface area contributed by atoms with E-state index in [0.717, 1.165) is 40.4 Å². The van der Waals surface area contributed by atoms with Gasteiger partial charge in [0.05, 0.1) is 19.6 Å². The molecule has 0 amide bonds. The fourth-order valence-corrected chi connectivity index (χ4v) is 3.40. The van der Waals surface area contributed by atoms with Gasteiger partial charge in [-0.15, -0.1) is 0 Å². The average molecular weight is 403 g/mol. The van der Waals surface area contributed by atoms with Gasteiger partial charge >= 0.3 is 0 Å². The topological polar surface area (TPSA) is 80.3 Å². The highest BCUT2D eigenvalue weighted by Crippen LogP contribution is 2.24. The second-order valence-electron chi connectivity index (χ2n) is 7.11. The van der Waals surface area contributed by atoms with Crippen LogP contribution in [0.2, 0.25) is 0 Å². The van der Waals surface area contributed by atoms with Gasteiger partial charge in [0.25, 0.3) is 0 Å². The van der Waals surface area contributed by atoms with Crippen molar-refractivity contribution in [2.24, 2.45) is 4.99 Å². The quantitative estimate of drug-likeness (QED) is 0.364. The molecule has 0 aliphatic heterocycles. The minimum Gasteiger partial charge on any atom is -0.459 e. The summed E-state index contributed by atoms with van der Waals surface area (Å²) in [5, 5.41) is 12.0. The number of aryl methyl sites for hydroxylation is 1. The summed E-state index contributed by atoms with van der Waals surface area (Å²) in [6.07, 6.45) is 3.27. The number of para-hydroxylation sites is 1. The first-order valence-electron chi connectivity index (χ1n) is 10.1. The van der Waals surface area contributed by atoms with E-state index in [0.29, 0.717) is 19.6 Å². The largest absolute Gasteiger partial charge is 0.459 e. The van der Waals surface area contributed by atoms with Crippen LogP contribution < -0.4 is 10.6 Å². The molecule has 154 valence electrons. The number of rotatable bonds is 7. The Bertz CT molecular complexity index is 1130. The number of nitrogens with one attached hydrogen (secondary N) is 2. The number of aromatic nitrogens is 3. The molecule has 0 atom stereocenters. The van der Waals surface area contributed by atoms with Gasteiger partial charge in [0, 0.05) is 17.5 Å². The number of benzene rings is 2. The van der Waals surface area contributed by atoms with E-state index in [4.69, 9.17) is 9.41 Å². The Kier molecular flexibility index (Phi) is 6.08. The van der Waals surface area contributed by atoms with E-state index in [1.54, 1.807) is 12.7 Å². The first-order valence-corrected chi connectivity index (χ1v) is 10.1. The average Bonchev–Trinajstić information content (AvgIpc) is 3.38. The molecule has 7 nitrogen and oxygen atoms in total. The fourth-order valence-electron chi connectivity index (χ4n) is 3.40. The Labute approximate surface area is 175 Å². The molecule has 2 heterocycles. The van der Waals surface area contributed by atoms with Crippen LogP contribution in [0.15, 0.2) is 70.6 Å². The summed E-state index contributed by atoms with van der Waals surface area (Å²) in [7, 11) is 0. The lowest BCUT2D eigenvalue weighted by molar-refractivity contribution is 0.534. The van der Waals surface area contributed by atoms with Crippen molar-refractivity contribution >= 4 is 16.9 Å². The van der Waals surface area contributed by atoms with Crippen LogP contribution in [0.1, 0.15) is 29.4 Å². The van der Waals surface area contributed by atoms with E-state index in [2.05, 4.69) is 64.9 Å². The van der Waals surface area contributed by atoms with Crippen LogP contribution in [0.5, 0.6) is 0 Å². The molecule has 0 bridgehead atoms. The molecule has 4 rings (SSSR count). The molecule has 0 fully saturated rings. The summed E-state index contributed by atoms with van der Waals surface area (Å²) >= 11 is 0. The third kappa shape index (κ3) is 4.68. The number of guanidine groups is 1. The minimum atomic E-state index is 0.582. The van der Waals surface area contributed by atoms with Gasteiger partial charge in [-0.1, -0.05) is 42.5 Å². The summed E-state index contributed by atoms with van der Waals surface area (Å²) in [4.78, 5) is 8.73. The maximum Gasteiger partial charge on any atom is 0.191 e. The van der Waals surface area contributed by atoms with Gasteiger partial charge < -0.3 is 15.1 Å². The molecule has 0 spiro atoms. The SMILES string of the molecule is CCNC(=NCc1cccc(Cn2cncn2)c1)NCc1oc2ccccc2c1C. The highest BCUT2D eigenvalue weighted by atomic mass is 16.3. The van der Waals surface area contributed by atoms with Crippen LogP contribution in [0.4, 0.5) is 0 Å². The van der Waals surface area contributed by atoms with Crippen LogP contribution >= 0.6 is 0 Å². The fraction of sp³-hybridized carbons (Fsp3) is 0.261. The van der Waals surface area contributed by atoms with E-state index < -0.39 is 0 Å². The van der Waals surface area contributed by atoms with Crippen molar-refractivity contribution in [1.29, 1.82) is 0 Å². The van der Waals surface area contributed by atoms with Gasteiger partial charge in [0.15, 0.2) is 5.96 Å². The van der Waals surface area contributed by atoms with E-state index >= 15 is 0 Å². The molecule has 0 aliphatic carbocycles. The molecule has 7 heteroatoms. The van der Waals surface area contributed by atoms with Crippen LogP contribution in [0, 0.1) is 6.92 Å². The number of hydrogen-bond acceptors (Lipinski definition) is 4. The summed E-state index contributed by atoms with van der Waals surface area (Å²) in [5.74, 6) is 1.69. The Hall–Kier alpha value is -3.61. The van der Waals surface area contributed by atoms with Crippen molar-refractivity contribution in [2.45, 2.75) is 33.5 Å². The predicted molar refractivity (Wildman–Crippen MR) is 118 cm³/mol. The van der Waals surface area contributed by atoms with Gasteiger partial charge in [0.2, 0.25) is 0 Å². The van der Waals surface area contributed by atoms with Crippen molar-refractivity contribution in [3.8, 4) is 0 Å². The lowest BCUT2D eigenvalue weighted by Crippen LogP contribution is -2.36. The maximum atomic E-state index is 6.00. The van der Waals surface area contributed by atoms with Gasteiger partial charge in [0.1, 0.15) is 24.0 Å². The standard InChI is InChI=1S/C23H26N6O/c1-3-25-23(27-13-22-17(2)20-9-4-5-10-21(20)30-22)26-12-18-7-6-8-19(11-18)14-29-16-24-15-28-29/h4-11,15-16H,3,12-14H2,1-2H3,(H2,25,26,27). The zero-order chi connectivity index (χ0) is 20.8.